The topological polar surface area (TPSA) is 100 Å². The van der Waals surface area contributed by atoms with Crippen LogP contribution >= 0.6 is 0 Å². The summed E-state index contributed by atoms with van der Waals surface area (Å²) in [6, 6.07) is -0.602. The van der Waals surface area contributed by atoms with E-state index in [9.17, 15) is 13.2 Å². The van der Waals surface area contributed by atoms with Crippen molar-refractivity contribution in [2.45, 2.75) is 33.4 Å². The molecular formula is C11H19N3O5S. The number of aromatic nitrogens is 3. The minimum Gasteiger partial charge on any atom is -0.464 e. The smallest absolute Gasteiger partial charge is 0.331 e. The third-order valence-electron chi connectivity index (χ3n) is 2.42. The molecule has 20 heavy (non-hydrogen) atoms. The van der Waals surface area contributed by atoms with Gasteiger partial charge in [0.15, 0.2) is 6.04 Å². The van der Waals surface area contributed by atoms with Crippen LogP contribution in [-0.4, -0.2) is 42.2 Å². The van der Waals surface area contributed by atoms with E-state index < -0.39 is 22.1 Å². The Morgan fingerprint density at radius 3 is 2.60 bits per heavy atom. The summed E-state index contributed by atoms with van der Waals surface area (Å²) < 4.78 is 32.8. The maximum Gasteiger partial charge on any atom is 0.331 e. The summed E-state index contributed by atoms with van der Waals surface area (Å²) in [6.07, 6.45) is 2.43. The summed E-state index contributed by atoms with van der Waals surface area (Å²) in [5, 5.41) is 7.61. The van der Waals surface area contributed by atoms with Gasteiger partial charge in [0.1, 0.15) is 12.3 Å². The molecule has 0 N–H and O–H groups in total. The summed E-state index contributed by atoms with van der Waals surface area (Å²) in [7, 11) is -3.54. The molecule has 0 aromatic carbocycles. The summed E-state index contributed by atoms with van der Waals surface area (Å²) in [6.45, 7) is 5.50. The molecule has 1 aromatic rings. The number of rotatable bonds is 7. The van der Waals surface area contributed by atoms with E-state index in [1.54, 1.807) is 6.92 Å². The van der Waals surface area contributed by atoms with Gasteiger partial charge in [-0.2, -0.15) is 8.42 Å². The van der Waals surface area contributed by atoms with Crippen molar-refractivity contribution in [2.75, 3.05) is 12.9 Å². The Balaban J connectivity index is 2.84. The van der Waals surface area contributed by atoms with Gasteiger partial charge >= 0.3 is 5.97 Å². The van der Waals surface area contributed by atoms with E-state index >= 15 is 0 Å². The van der Waals surface area contributed by atoms with Crippen LogP contribution in [0.3, 0.4) is 0 Å². The molecule has 0 aliphatic rings. The van der Waals surface area contributed by atoms with Crippen molar-refractivity contribution in [2.24, 2.45) is 5.92 Å². The molecule has 0 bridgehead atoms. The van der Waals surface area contributed by atoms with Crippen molar-refractivity contribution in [3.05, 3.63) is 11.9 Å². The lowest BCUT2D eigenvalue weighted by Gasteiger charge is -2.18. The first-order chi connectivity index (χ1) is 9.24. The lowest BCUT2D eigenvalue weighted by Crippen LogP contribution is -2.27. The number of carbonyl (C=O) groups excluding carboxylic acids is 1. The average molecular weight is 305 g/mol. The maximum atomic E-state index is 11.9. The fourth-order valence-electron chi connectivity index (χ4n) is 1.60. The number of ether oxygens (including phenoxy) is 1. The van der Waals surface area contributed by atoms with Crippen LogP contribution in [-0.2, 0) is 30.4 Å². The number of carbonyl (C=O) groups is 1. The van der Waals surface area contributed by atoms with Gasteiger partial charge in [0.05, 0.1) is 19.1 Å². The Morgan fingerprint density at radius 1 is 1.45 bits per heavy atom. The first kappa shape index (κ1) is 16.6. The van der Waals surface area contributed by atoms with Gasteiger partial charge in [0.2, 0.25) is 0 Å². The van der Waals surface area contributed by atoms with Crippen LogP contribution in [0, 0.1) is 5.92 Å². The van der Waals surface area contributed by atoms with Gasteiger partial charge in [-0.25, -0.2) is 9.48 Å². The third-order valence-corrected chi connectivity index (χ3v) is 2.97. The van der Waals surface area contributed by atoms with Crippen molar-refractivity contribution >= 4 is 16.1 Å². The molecule has 0 saturated heterocycles. The predicted molar refractivity (Wildman–Crippen MR) is 70.2 cm³/mol. The Hall–Kier alpha value is -1.48. The summed E-state index contributed by atoms with van der Waals surface area (Å²) >= 11 is 0. The SMILES string of the molecule is CCOC(=O)C(C(C)C)n1cc(COS(C)(=O)=O)nn1. The highest BCUT2D eigenvalue weighted by Crippen LogP contribution is 2.18. The second kappa shape index (κ2) is 6.80. The molecule has 114 valence electrons. The average Bonchev–Trinajstić information content (AvgIpc) is 2.74. The van der Waals surface area contributed by atoms with Crippen molar-refractivity contribution in [3.63, 3.8) is 0 Å². The molecule has 1 aromatic heterocycles. The highest BCUT2D eigenvalue weighted by atomic mass is 32.2. The van der Waals surface area contributed by atoms with Crippen LogP contribution in [0.4, 0.5) is 0 Å². The summed E-state index contributed by atoms with van der Waals surface area (Å²) in [5.41, 5.74) is 0.324. The largest absolute Gasteiger partial charge is 0.464 e. The van der Waals surface area contributed by atoms with Crippen LogP contribution in [0.5, 0.6) is 0 Å². The molecule has 8 nitrogen and oxygen atoms in total. The molecule has 1 heterocycles. The quantitative estimate of drug-likeness (QED) is 0.534. The van der Waals surface area contributed by atoms with E-state index in [1.807, 2.05) is 13.8 Å². The molecule has 0 fully saturated rings. The van der Waals surface area contributed by atoms with Crippen molar-refractivity contribution in [1.29, 1.82) is 0 Å². The molecule has 0 amide bonds. The number of hydrogen-bond donors (Lipinski definition) is 0. The highest BCUT2D eigenvalue weighted by molar-refractivity contribution is 7.85. The normalized spacial score (nSPS) is 13.4. The van der Waals surface area contributed by atoms with Crippen molar-refractivity contribution in [3.8, 4) is 0 Å². The van der Waals surface area contributed by atoms with Gasteiger partial charge in [0, 0.05) is 0 Å². The van der Waals surface area contributed by atoms with Crippen LogP contribution in [0.25, 0.3) is 0 Å². The Labute approximate surface area is 118 Å². The minimum absolute atomic E-state index is 0.0422. The second-order valence-corrected chi connectivity index (χ2v) is 6.24. The lowest BCUT2D eigenvalue weighted by atomic mass is 10.1. The predicted octanol–water partition coefficient (Wildman–Crippen LogP) is 0.514. The van der Waals surface area contributed by atoms with Gasteiger partial charge in [-0.15, -0.1) is 5.10 Å². The van der Waals surface area contributed by atoms with Crippen LogP contribution in [0.15, 0.2) is 6.20 Å². The molecule has 1 rings (SSSR count). The van der Waals surface area contributed by atoms with Crippen LogP contribution in [0.2, 0.25) is 0 Å². The summed E-state index contributed by atoms with van der Waals surface area (Å²) in [4.78, 5) is 11.9. The second-order valence-electron chi connectivity index (χ2n) is 4.60. The molecule has 0 radical (unpaired) electrons. The zero-order chi connectivity index (χ0) is 15.3. The molecule has 0 spiro atoms. The zero-order valence-electron chi connectivity index (χ0n) is 11.9. The molecule has 1 atom stereocenters. The standard InChI is InChI=1S/C11H19N3O5S/c1-5-18-11(15)10(8(2)3)14-6-9(12-13-14)7-19-20(4,16)17/h6,8,10H,5,7H2,1-4H3. The van der Waals surface area contributed by atoms with Gasteiger partial charge in [-0.05, 0) is 12.8 Å². The number of esters is 1. The van der Waals surface area contributed by atoms with Crippen molar-refractivity contribution in [1.82, 2.24) is 15.0 Å². The Bertz CT molecular complexity index is 552. The van der Waals surface area contributed by atoms with E-state index in [0.29, 0.717) is 5.69 Å². The molecule has 1 unspecified atom stereocenters. The molecular weight excluding hydrogens is 286 g/mol. The van der Waals surface area contributed by atoms with Crippen LogP contribution < -0.4 is 0 Å². The maximum absolute atomic E-state index is 11.9. The number of hydrogen-bond acceptors (Lipinski definition) is 7. The molecule has 0 saturated carbocycles. The fraction of sp³-hybridized carbons (Fsp3) is 0.727. The Morgan fingerprint density at radius 2 is 2.10 bits per heavy atom. The molecule has 0 aliphatic carbocycles. The monoisotopic (exact) mass is 305 g/mol. The van der Waals surface area contributed by atoms with Gasteiger partial charge in [-0.3, -0.25) is 4.18 Å². The van der Waals surface area contributed by atoms with Gasteiger partial charge in [0.25, 0.3) is 10.1 Å². The Kier molecular flexibility index (Phi) is 5.63. The van der Waals surface area contributed by atoms with E-state index in [2.05, 4.69) is 14.5 Å². The summed E-state index contributed by atoms with van der Waals surface area (Å²) in [5.74, 6) is -0.442. The molecule has 0 aliphatic heterocycles. The molecule has 9 heteroatoms. The third kappa shape index (κ3) is 4.89. The van der Waals surface area contributed by atoms with Gasteiger partial charge < -0.3 is 4.74 Å². The van der Waals surface area contributed by atoms with E-state index in [0.717, 1.165) is 6.26 Å². The zero-order valence-corrected chi connectivity index (χ0v) is 12.8. The lowest BCUT2D eigenvalue weighted by molar-refractivity contribution is -0.149. The minimum atomic E-state index is -3.54. The van der Waals surface area contributed by atoms with E-state index in [-0.39, 0.29) is 19.1 Å². The van der Waals surface area contributed by atoms with E-state index in [4.69, 9.17) is 4.74 Å². The fourth-order valence-corrected chi connectivity index (χ4v) is 1.93. The van der Waals surface area contributed by atoms with Gasteiger partial charge in [-0.1, -0.05) is 19.1 Å². The van der Waals surface area contributed by atoms with Crippen LogP contribution in [0.1, 0.15) is 32.5 Å². The van der Waals surface area contributed by atoms with E-state index in [1.165, 1.54) is 10.9 Å². The number of nitrogens with zero attached hydrogens (tertiary/aromatic N) is 3. The van der Waals surface area contributed by atoms with Crippen molar-refractivity contribution < 1.29 is 22.1 Å². The first-order valence-corrected chi connectivity index (χ1v) is 7.98. The first-order valence-electron chi connectivity index (χ1n) is 6.16. The highest BCUT2D eigenvalue weighted by Gasteiger charge is 2.27.